The number of aromatic amines is 1. The number of hydrogen-bond acceptors (Lipinski definition) is 12. The Kier molecular flexibility index (Phi) is 14.0. The summed E-state index contributed by atoms with van der Waals surface area (Å²) >= 11 is 0. The molecule has 0 aromatic heterocycles. The van der Waals surface area contributed by atoms with Crippen LogP contribution in [0.3, 0.4) is 0 Å². The standard InChI is InChI=1S/C59H51FN4O11/c1-35(65)72-42-20-23-45-53(32-42)74-54-33-43(73-36(2)66)21-24-46(54)59(45)47-31-40(17-22-44(47)58(70)75-59)56(68)61-26-10-5-3-4-6-11-27-71-52-25-14-38(28-48(52)60)30-50-57(69)64-34-51(39-15-18-41(67)19-16-39)62-49(55(64)63-50)29-37-12-8-7-9-13-37/h7-9,12-25,28,31-34,62,67H,3-6,10-11,26-27,29-30H2,1-2H3,(H,61,68). The van der Waals surface area contributed by atoms with Crippen LogP contribution in [0.2, 0.25) is 0 Å². The molecular formula is C59H51FN4O11. The zero-order valence-corrected chi connectivity index (χ0v) is 41.1. The number of benzene rings is 6. The third-order valence-electron chi connectivity index (χ3n) is 13.2. The van der Waals surface area contributed by atoms with Crippen LogP contribution in [-0.2, 0) is 32.8 Å². The van der Waals surface area contributed by atoms with Crippen molar-refractivity contribution in [1.29, 1.82) is 0 Å². The van der Waals surface area contributed by atoms with E-state index < -0.39 is 29.3 Å². The Morgan fingerprint density at radius 3 is 2.09 bits per heavy atom. The van der Waals surface area contributed by atoms with Gasteiger partial charge in [-0.2, -0.15) is 0 Å². The predicted molar refractivity (Wildman–Crippen MR) is 274 cm³/mol. The van der Waals surface area contributed by atoms with E-state index in [9.17, 15) is 29.1 Å². The number of nitrogens with one attached hydrogen (secondary N) is 2. The van der Waals surface area contributed by atoms with Crippen molar-refractivity contribution in [2.75, 3.05) is 13.2 Å². The number of rotatable bonds is 18. The van der Waals surface area contributed by atoms with Crippen LogP contribution in [-0.4, -0.2) is 56.6 Å². The zero-order valence-electron chi connectivity index (χ0n) is 41.1. The second-order valence-electron chi connectivity index (χ2n) is 18.5. The number of aromatic nitrogens is 3. The third kappa shape index (κ3) is 10.4. The van der Waals surface area contributed by atoms with Gasteiger partial charge >= 0.3 is 17.9 Å². The molecule has 0 bridgehead atoms. The van der Waals surface area contributed by atoms with E-state index in [-0.39, 0.29) is 63.6 Å². The van der Waals surface area contributed by atoms with E-state index in [1.807, 2.05) is 30.3 Å². The quantitative estimate of drug-likeness (QED) is 0.0418. The van der Waals surface area contributed by atoms with Crippen molar-refractivity contribution >= 4 is 23.8 Å². The smallest absolute Gasteiger partial charge is 0.340 e. The summed E-state index contributed by atoms with van der Waals surface area (Å²) in [5.41, 5.74) is 4.15. The lowest BCUT2D eigenvalue weighted by molar-refractivity contribution is -0.132. The summed E-state index contributed by atoms with van der Waals surface area (Å²) in [4.78, 5) is 72.7. The number of amides is 1. The van der Waals surface area contributed by atoms with Gasteiger partial charge in [-0.3, -0.25) is 23.7 Å². The molecule has 3 N–H and O–H groups in total. The van der Waals surface area contributed by atoms with Gasteiger partial charge in [-0.05, 0) is 108 Å². The van der Waals surface area contributed by atoms with Gasteiger partial charge in [0.05, 0.1) is 23.6 Å². The molecule has 16 heteroatoms. The highest BCUT2D eigenvalue weighted by molar-refractivity contribution is 6.00. The van der Waals surface area contributed by atoms with Crippen molar-refractivity contribution in [3.05, 3.63) is 200 Å². The van der Waals surface area contributed by atoms with E-state index in [1.165, 1.54) is 36.6 Å². The van der Waals surface area contributed by atoms with E-state index in [1.54, 1.807) is 85.1 Å². The van der Waals surface area contributed by atoms with Crippen LogP contribution in [0.4, 0.5) is 4.39 Å². The van der Waals surface area contributed by atoms with E-state index in [0.29, 0.717) is 58.9 Å². The molecular weight excluding hydrogens is 960 g/mol. The maximum absolute atomic E-state index is 15.4. The molecule has 0 unspecified atom stereocenters. The number of imidazole rings is 1. The molecule has 0 radical (unpaired) electrons. The monoisotopic (exact) mass is 1010 g/mol. The molecule has 15 nitrogen and oxygen atoms in total. The minimum atomic E-state index is -1.54. The van der Waals surface area contributed by atoms with Crippen molar-refractivity contribution in [1.82, 2.24) is 19.9 Å². The lowest BCUT2D eigenvalue weighted by Gasteiger charge is -2.36. The van der Waals surface area contributed by atoms with Crippen LogP contribution < -0.4 is 29.8 Å². The van der Waals surface area contributed by atoms with Crippen LogP contribution in [0.25, 0.3) is 17.1 Å². The minimum Gasteiger partial charge on any atom is -0.508 e. The summed E-state index contributed by atoms with van der Waals surface area (Å²) in [6, 6.07) is 35.5. The summed E-state index contributed by atoms with van der Waals surface area (Å²) in [6.45, 7) is 3.30. The molecule has 4 heterocycles. The molecule has 1 spiro atoms. The number of aromatic hydroxyl groups is 1. The molecule has 0 aliphatic carbocycles. The summed E-state index contributed by atoms with van der Waals surface area (Å²) in [7, 11) is 0. The Labute approximate surface area is 430 Å². The predicted octanol–water partition coefficient (Wildman–Crippen LogP) is 10.3. The minimum absolute atomic E-state index is 0.125. The highest BCUT2D eigenvalue weighted by Gasteiger charge is 2.54. The maximum Gasteiger partial charge on any atom is 0.340 e. The second kappa shape index (κ2) is 21.2. The van der Waals surface area contributed by atoms with Gasteiger partial charge in [0, 0.05) is 73.8 Å². The first-order valence-electron chi connectivity index (χ1n) is 24.7. The largest absolute Gasteiger partial charge is 0.508 e. The van der Waals surface area contributed by atoms with Gasteiger partial charge in [-0.1, -0.05) is 62.1 Å². The van der Waals surface area contributed by atoms with Crippen molar-refractivity contribution < 1.29 is 52.4 Å². The topological polar surface area (TPSA) is 197 Å². The summed E-state index contributed by atoms with van der Waals surface area (Å²) < 4.78 is 45.8. The lowest BCUT2D eigenvalue weighted by atomic mass is 9.77. The Morgan fingerprint density at radius 1 is 0.733 bits per heavy atom. The third-order valence-corrected chi connectivity index (χ3v) is 13.2. The van der Waals surface area contributed by atoms with E-state index in [4.69, 9.17) is 28.7 Å². The van der Waals surface area contributed by atoms with Crippen molar-refractivity contribution in [3.63, 3.8) is 0 Å². The molecule has 0 saturated carbocycles. The number of H-pyrrole nitrogens is 1. The van der Waals surface area contributed by atoms with Crippen molar-refractivity contribution in [2.45, 2.75) is 70.8 Å². The number of carbonyl (C=O) groups is 4. The SMILES string of the molecule is CC(=O)Oc1ccc2c(c1)Oc1cc(OC(C)=O)ccc1C21OC(=O)c2ccc(C(=O)NCCCCCCCCOc3ccc(Cc4nc5c(Cc6ccccc6)[nH]c(-c6ccc(O)cc6)cn-5c4=O)cc3F)cc21. The normalized spacial score (nSPS) is 12.8. The Hall–Kier alpha value is -9.05. The van der Waals surface area contributed by atoms with Gasteiger partial charge in [-0.25, -0.2) is 14.2 Å². The van der Waals surface area contributed by atoms with Gasteiger partial charge in [0.1, 0.15) is 34.4 Å². The first-order valence-corrected chi connectivity index (χ1v) is 24.7. The van der Waals surface area contributed by atoms with Crippen LogP contribution in [0.15, 0.2) is 138 Å². The first kappa shape index (κ1) is 49.5. The highest BCUT2D eigenvalue weighted by Crippen LogP contribution is 2.57. The Balaban J connectivity index is 0.708. The number of carbonyl (C=O) groups excluding carboxylic acids is 4. The fourth-order valence-electron chi connectivity index (χ4n) is 9.67. The fraction of sp³-hybridized carbons (Fsp3) is 0.220. The number of ether oxygens (including phenoxy) is 5. The van der Waals surface area contributed by atoms with Crippen LogP contribution in [0.1, 0.15) is 112 Å². The Bertz CT molecular complexity index is 3450. The van der Waals surface area contributed by atoms with Crippen LogP contribution in [0.5, 0.6) is 34.5 Å². The molecule has 0 fully saturated rings. The van der Waals surface area contributed by atoms with Crippen molar-refractivity contribution in [3.8, 4) is 51.6 Å². The fourth-order valence-corrected chi connectivity index (χ4v) is 9.67. The number of phenolic OH excluding ortho intramolecular Hbond substituents is 1. The molecule has 6 aromatic rings. The number of halogens is 1. The van der Waals surface area contributed by atoms with Gasteiger partial charge in [0.2, 0.25) is 0 Å². The van der Waals surface area contributed by atoms with Gasteiger partial charge in [0.15, 0.2) is 23.0 Å². The molecule has 6 aromatic carbocycles. The van der Waals surface area contributed by atoms with Gasteiger partial charge < -0.3 is 39.1 Å². The number of unbranched alkanes of at least 4 members (excludes halogenated alkanes) is 5. The number of phenols is 1. The first-order chi connectivity index (χ1) is 36.3. The number of fused-ring (bicyclic) bond motifs is 7. The summed E-state index contributed by atoms with van der Waals surface area (Å²) in [5, 5.41) is 12.8. The van der Waals surface area contributed by atoms with Crippen molar-refractivity contribution in [2.24, 2.45) is 0 Å². The van der Waals surface area contributed by atoms with E-state index >= 15 is 4.39 Å². The van der Waals surface area contributed by atoms with Crippen LogP contribution in [0, 0.1) is 5.82 Å². The summed E-state index contributed by atoms with van der Waals surface area (Å²) in [6.07, 6.45) is 7.37. The van der Waals surface area contributed by atoms with Gasteiger partial charge in [-0.15, -0.1) is 0 Å². The average molecular weight is 1010 g/mol. The highest BCUT2D eigenvalue weighted by atomic mass is 19.1. The van der Waals surface area contributed by atoms with E-state index in [0.717, 1.165) is 55.3 Å². The summed E-state index contributed by atoms with van der Waals surface area (Å²) in [5.74, 6) is -0.901. The molecule has 75 heavy (non-hydrogen) atoms. The molecule has 4 aliphatic rings. The number of hydrogen-bond donors (Lipinski definition) is 3. The molecule has 1 amide bonds. The number of esters is 3. The molecule has 10 rings (SSSR count). The molecule has 4 aliphatic heterocycles. The average Bonchev–Trinajstić information content (AvgIpc) is 3.86. The molecule has 380 valence electrons. The van der Waals surface area contributed by atoms with Crippen LogP contribution >= 0.6 is 0 Å². The molecule has 0 atom stereocenters. The number of nitrogens with zero attached hydrogens (tertiary/aromatic N) is 2. The molecule has 0 saturated heterocycles. The lowest BCUT2D eigenvalue weighted by Crippen LogP contribution is -2.33. The Morgan fingerprint density at radius 2 is 1.41 bits per heavy atom. The second-order valence-corrected chi connectivity index (χ2v) is 18.5. The maximum atomic E-state index is 15.4. The zero-order chi connectivity index (χ0) is 52.2. The van der Waals surface area contributed by atoms with E-state index in [2.05, 4.69) is 10.3 Å². The van der Waals surface area contributed by atoms with Gasteiger partial charge in [0.25, 0.3) is 11.5 Å².